The number of hydrogen-bond donors (Lipinski definition) is 1. The number of carbonyl (C=O) groups is 1. The molecule has 0 aliphatic heterocycles. The smallest absolute Gasteiger partial charge is 0.257 e. The molecule has 0 aliphatic carbocycles. The molecule has 0 saturated carbocycles. The van der Waals surface area contributed by atoms with Gasteiger partial charge in [0, 0.05) is 26.7 Å². The second-order valence-corrected chi connectivity index (χ2v) is 4.61. The lowest BCUT2D eigenvalue weighted by Gasteiger charge is -2.20. The van der Waals surface area contributed by atoms with Gasteiger partial charge in [0.25, 0.3) is 5.91 Å². The summed E-state index contributed by atoms with van der Waals surface area (Å²) in [4.78, 5) is 19.7. The number of nitrogens with one attached hydrogen (secondary N) is 1. The van der Waals surface area contributed by atoms with Crippen LogP contribution in [-0.2, 0) is 0 Å². The van der Waals surface area contributed by atoms with Crippen molar-refractivity contribution in [1.82, 2.24) is 14.8 Å². The molecular weight excluding hydrogens is 247 g/mol. The normalized spacial score (nSPS) is 10.6. The number of likely N-dealkylation sites (N-methyl/N-ethyl adjacent to an activating group) is 2. The van der Waals surface area contributed by atoms with Crippen LogP contribution in [0.15, 0.2) is 12.3 Å². The van der Waals surface area contributed by atoms with E-state index in [0.717, 1.165) is 12.7 Å². The van der Waals surface area contributed by atoms with Gasteiger partial charge in [0.1, 0.15) is 11.6 Å². The number of hydrogen-bond acceptors (Lipinski definition) is 4. The van der Waals surface area contributed by atoms with Crippen molar-refractivity contribution in [3.05, 3.63) is 23.6 Å². The Bertz CT molecular complexity index is 437. The van der Waals surface area contributed by atoms with Crippen molar-refractivity contribution >= 4 is 11.7 Å². The van der Waals surface area contributed by atoms with Crippen molar-refractivity contribution in [2.45, 2.75) is 6.92 Å². The Hall–Kier alpha value is -1.69. The minimum atomic E-state index is -0.508. The van der Waals surface area contributed by atoms with Gasteiger partial charge in [0.2, 0.25) is 0 Å². The van der Waals surface area contributed by atoms with Gasteiger partial charge in [-0.05, 0) is 27.1 Å². The summed E-state index contributed by atoms with van der Waals surface area (Å²) in [5.41, 5.74) is 0.267. The molecule has 1 N–H and O–H groups in total. The number of carbonyl (C=O) groups excluding carboxylic acids is 1. The number of amides is 1. The Labute approximate surface area is 113 Å². The molecule has 5 nitrogen and oxygen atoms in total. The fraction of sp³-hybridized carbons (Fsp3) is 0.538. The molecule has 0 atom stereocenters. The Kier molecular flexibility index (Phi) is 5.69. The maximum Gasteiger partial charge on any atom is 0.257 e. The average molecular weight is 268 g/mol. The predicted molar refractivity (Wildman–Crippen MR) is 73.9 cm³/mol. The molecule has 0 unspecified atom stereocenters. The van der Waals surface area contributed by atoms with Crippen LogP contribution in [0.3, 0.4) is 0 Å². The van der Waals surface area contributed by atoms with Crippen LogP contribution in [0.4, 0.5) is 10.2 Å². The minimum absolute atomic E-state index is 0.232. The topological polar surface area (TPSA) is 48.5 Å². The molecule has 0 bridgehead atoms. The zero-order chi connectivity index (χ0) is 14.4. The number of rotatable bonds is 6. The van der Waals surface area contributed by atoms with Gasteiger partial charge in [0.15, 0.2) is 0 Å². The van der Waals surface area contributed by atoms with Crippen molar-refractivity contribution in [2.24, 2.45) is 0 Å². The van der Waals surface area contributed by atoms with E-state index in [2.05, 4.69) is 10.3 Å². The van der Waals surface area contributed by atoms with Gasteiger partial charge in [-0.1, -0.05) is 0 Å². The maximum absolute atomic E-state index is 13.3. The summed E-state index contributed by atoms with van der Waals surface area (Å²) in [6, 6.07) is 1.22. The fourth-order valence-corrected chi connectivity index (χ4v) is 1.57. The van der Waals surface area contributed by atoms with Crippen LogP contribution < -0.4 is 5.32 Å². The monoisotopic (exact) mass is 268 g/mol. The van der Waals surface area contributed by atoms with Crippen LogP contribution >= 0.6 is 0 Å². The molecule has 1 aromatic heterocycles. The molecule has 1 amide bonds. The van der Waals surface area contributed by atoms with Crippen molar-refractivity contribution in [3.63, 3.8) is 0 Å². The molecule has 0 aliphatic rings. The van der Waals surface area contributed by atoms with E-state index in [9.17, 15) is 9.18 Å². The highest BCUT2D eigenvalue weighted by molar-refractivity contribution is 5.98. The lowest BCUT2D eigenvalue weighted by molar-refractivity contribution is 0.0786. The summed E-state index contributed by atoms with van der Waals surface area (Å²) in [5, 5.41) is 2.97. The Morgan fingerprint density at radius 1 is 1.37 bits per heavy atom. The van der Waals surface area contributed by atoms with Gasteiger partial charge in [-0.2, -0.15) is 0 Å². The first-order chi connectivity index (χ1) is 8.95. The van der Waals surface area contributed by atoms with E-state index in [-0.39, 0.29) is 11.5 Å². The first-order valence-electron chi connectivity index (χ1n) is 6.25. The van der Waals surface area contributed by atoms with E-state index >= 15 is 0 Å². The fourth-order valence-electron chi connectivity index (χ4n) is 1.57. The third-order valence-corrected chi connectivity index (χ3v) is 2.66. The lowest BCUT2D eigenvalue weighted by atomic mass is 10.2. The zero-order valence-corrected chi connectivity index (χ0v) is 11.9. The number of nitrogens with zero attached hydrogens (tertiary/aromatic N) is 3. The summed E-state index contributed by atoms with van der Waals surface area (Å²) < 4.78 is 13.3. The number of halogens is 1. The summed E-state index contributed by atoms with van der Waals surface area (Å²) in [6.45, 7) is 3.85. The predicted octanol–water partition coefficient (Wildman–Crippen LogP) is 1.29. The quantitative estimate of drug-likeness (QED) is 0.844. The molecule has 0 spiro atoms. The molecule has 6 heteroatoms. The van der Waals surface area contributed by atoms with Gasteiger partial charge in [-0.15, -0.1) is 0 Å². The summed E-state index contributed by atoms with van der Waals surface area (Å²) >= 11 is 0. The molecule has 0 aromatic carbocycles. The first kappa shape index (κ1) is 15.4. The molecule has 0 radical (unpaired) electrons. The summed E-state index contributed by atoms with van der Waals surface area (Å²) in [6.07, 6.45) is 1.11. The molecule has 0 fully saturated rings. The molecule has 1 rings (SSSR count). The van der Waals surface area contributed by atoms with Gasteiger partial charge < -0.3 is 15.1 Å². The van der Waals surface area contributed by atoms with Crippen LogP contribution in [0.2, 0.25) is 0 Å². The standard InChI is InChI=1S/C13H21FN4O/c1-5-15-12-11(8-10(14)9-16-12)13(19)18(4)7-6-17(2)3/h8-9H,5-7H2,1-4H3,(H,15,16). The van der Waals surface area contributed by atoms with E-state index < -0.39 is 5.82 Å². The highest BCUT2D eigenvalue weighted by Gasteiger charge is 2.17. The lowest BCUT2D eigenvalue weighted by Crippen LogP contribution is -2.34. The van der Waals surface area contributed by atoms with E-state index in [1.165, 1.54) is 6.07 Å². The molecule has 0 saturated heterocycles. The Morgan fingerprint density at radius 3 is 2.63 bits per heavy atom. The molecule has 19 heavy (non-hydrogen) atoms. The molecule has 1 heterocycles. The summed E-state index contributed by atoms with van der Waals surface area (Å²) in [5.74, 6) is -0.318. The largest absolute Gasteiger partial charge is 0.370 e. The van der Waals surface area contributed by atoms with Crippen LogP contribution in [0, 0.1) is 5.82 Å². The average Bonchev–Trinajstić information content (AvgIpc) is 2.37. The van der Waals surface area contributed by atoms with Crippen LogP contribution in [0.25, 0.3) is 0 Å². The number of aromatic nitrogens is 1. The van der Waals surface area contributed by atoms with Crippen molar-refractivity contribution < 1.29 is 9.18 Å². The van der Waals surface area contributed by atoms with Gasteiger partial charge in [-0.3, -0.25) is 4.79 Å². The Morgan fingerprint density at radius 2 is 2.05 bits per heavy atom. The van der Waals surface area contributed by atoms with Crippen molar-refractivity contribution in [1.29, 1.82) is 0 Å². The maximum atomic E-state index is 13.3. The first-order valence-corrected chi connectivity index (χ1v) is 6.25. The SMILES string of the molecule is CCNc1ncc(F)cc1C(=O)N(C)CCN(C)C. The third-order valence-electron chi connectivity index (χ3n) is 2.66. The second kappa shape index (κ2) is 7.04. The molecule has 106 valence electrons. The Balaban J connectivity index is 2.87. The summed E-state index contributed by atoms with van der Waals surface area (Å²) in [7, 11) is 5.57. The second-order valence-electron chi connectivity index (χ2n) is 4.61. The van der Waals surface area contributed by atoms with Crippen molar-refractivity contribution in [3.8, 4) is 0 Å². The van der Waals surface area contributed by atoms with E-state index in [1.54, 1.807) is 11.9 Å². The van der Waals surface area contributed by atoms with Crippen LogP contribution in [0.1, 0.15) is 17.3 Å². The van der Waals surface area contributed by atoms with Crippen LogP contribution in [0.5, 0.6) is 0 Å². The highest BCUT2D eigenvalue weighted by atomic mass is 19.1. The van der Waals surface area contributed by atoms with Gasteiger partial charge >= 0.3 is 0 Å². The minimum Gasteiger partial charge on any atom is -0.370 e. The zero-order valence-electron chi connectivity index (χ0n) is 11.9. The molecule has 1 aromatic rings. The highest BCUT2D eigenvalue weighted by Crippen LogP contribution is 2.15. The number of pyridine rings is 1. The van der Waals surface area contributed by atoms with E-state index in [0.29, 0.717) is 18.9 Å². The van der Waals surface area contributed by atoms with E-state index in [4.69, 9.17) is 0 Å². The van der Waals surface area contributed by atoms with Gasteiger partial charge in [-0.25, -0.2) is 9.37 Å². The number of anilines is 1. The van der Waals surface area contributed by atoms with Crippen LogP contribution in [-0.4, -0.2) is 61.5 Å². The van der Waals surface area contributed by atoms with Gasteiger partial charge in [0.05, 0.1) is 11.8 Å². The molecular formula is C13H21FN4O. The van der Waals surface area contributed by atoms with Crippen molar-refractivity contribution in [2.75, 3.05) is 46.1 Å². The van der Waals surface area contributed by atoms with E-state index in [1.807, 2.05) is 25.9 Å². The third kappa shape index (κ3) is 4.48.